The summed E-state index contributed by atoms with van der Waals surface area (Å²) in [6.07, 6.45) is -2.13. The molecule has 0 aromatic heterocycles. The molecule has 1 heterocycles. The van der Waals surface area contributed by atoms with Crippen molar-refractivity contribution in [3.8, 4) is 5.75 Å². The summed E-state index contributed by atoms with van der Waals surface area (Å²) in [5, 5.41) is 2.75. The Balaban J connectivity index is 1.54. The molecule has 0 spiro atoms. The zero-order valence-corrected chi connectivity index (χ0v) is 18.0. The maximum Gasteiger partial charge on any atom is 0.317 e. The first-order valence-electron chi connectivity index (χ1n) is 10.0. The second-order valence-electron chi connectivity index (χ2n) is 7.21. The highest BCUT2D eigenvalue weighted by Crippen LogP contribution is 2.18. The van der Waals surface area contributed by atoms with Crippen LogP contribution in [0.15, 0.2) is 53.4 Å². The molecule has 7 nitrogen and oxygen atoms in total. The molecule has 174 valence electrons. The van der Waals surface area contributed by atoms with Gasteiger partial charge in [-0.25, -0.2) is 26.4 Å². The van der Waals surface area contributed by atoms with Crippen LogP contribution in [0, 0.1) is 5.82 Å². The number of ether oxygens (including phenoxy) is 1. The smallest absolute Gasteiger partial charge is 0.317 e. The Bertz CT molecular complexity index is 1020. The summed E-state index contributed by atoms with van der Waals surface area (Å²) in [5.74, 6) is -0.234. The third-order valence-corrected chi connectivity index (χ3v) is 6.82. The van der Waals surface area contributed by atoms with E-state index in [2.05, 4.69) is 5.32 Å². The number of nitrogens with one attached hydrogen (secondary N) is 1. The number of carbonyl (C=O) groups is 1. The van der Waals surface area contributed by atoms with Gasteiger partial charge >= 0.3 is 6.03 Å². The normalized spacial score (nSPS) is 15.4. The van der Waals surface area contributed by atoms with E-state index in [1.54, 1.807) is 24.3 Å². The van der Waals surface area contributed by atoms with E-state index in [-0.39, 0.29) is 42.9 Å². The van der Waals surface area contributed by atoms with Gasteiger partial charge in [-0.1, -0.05) is 12.1 Å². The molecular formula is C21H24F3N3O4S. The molecule has 1 aliphatic heterocycles. The number of rotatable bonds is 7. The third-order valence-electron chi connectivity index (χ3n) is 4.91. The number of carbonyl (C=O) groups excluding carboxylic acids is 1. The van der Waals surface area contributed by atoms with Crippen LogP contribution < -0.4 is 10.1 Å². The van der Waals surface area contributed by atoms with Crippen LogP contribution in [0.1, 0.15) is 12.0 Å². The number of benzene rings is 2. The Morgan fingerprint density at radius 2 is 1.81 bits per heavy atom. The molecule has 0 aliphatic carbocycles. The number of urea groups is 1. The Morgan fingerprint density at radius 1 is 1.06 bits per heavy atom. The fraction of sp³-hybridized carbons (Fsp3) is 0.381. The van der Waals surface area contributed by atoms with Gasteiger partial charge in [0.2, 0.25) is 10.0 Å². The highest BCUT2D eigenvalue weighted by Gasteiger charge is 2.28. The predicted molar refractivity (Wildman–Crippen MR) is 112 cm³/mol. The van der Waals surface area contributed by atoms with Crippen LogP contribution in [0.25, 0.3) is 0 Å². The number of sulfonamides is 1. The Hall–Kier alpha value is -2.79. The van der Waals surface area contributed by atoms with Crippen molar-refractivity contribution in [2.24, 2.45) is 0 Å². The number of hydrogen-bond acceptors (Lipinski definition) is 4. The highest BCUT2D eigenvalue weighted by atomic mass is 32.2. The van der Waals surface area contributed by atoms with Gasteiger partial charge in [-0.15, -0.1) is 0 Å². The Morgan fingerprint density at radius 3 is 2.53 bits per heavy atom. The fourth-order valence-electron chi connectivity index (χ4n) is 3.29. The fourth-order valence-corrected chi connectivity index (χ4v) is 4.76. The molecule has 2 aromatic rings. The van der Waals surface area contributed by atoms with Crippen molar-refractivity contribution in [3.63, 3.8) is 0 Å². The zero-order valence-electron chi connectivity index (χ0n) is 17.2. The van der Waals surface area contributed by atoms with Crippen molar-refractivity contribution >= 4 is 16.1 Å². The molecule has 0 atom stereocenters. The Labute approximate surface area is 184 Å². The first-order chi connectivity index (χ1) is 15.3. The van der Waals surface area contributed by atoms with Gasteiger partial charge in [0.05, 0.1) is 4.90 Å². The molecule has 2 aromatic carbocycles. The standard InChI is InChI=1S/C21H24F3N3O4S/c22-17-5-7-19(8-6-17)32(29,30)27-10-2-9-26(11-12-27)21(28)25-14-16-3-1-4-18(13-16)31-15-20(23)24/h1,3-8,13,20H,2,9-12,14-15H2,(H,25,28). The molecule has 0 bridgehead atoms. The largest absolute Gasteiger partial charge is 0.488 e. The average molecular weight is 472 g/mol. The van der Waals surface area contributed by atoms with Gasteiger partial charge < -0.3 is 15.0 Å². The molecule has 1 aliphatic rings. The maximum atomic E-state index is 13.1. The van der Waals surface area contributed by atoms with Gasteiger partial charge in [0.25, 0.3) is 6.43 Å². The van der Waals surface area contributed by atoms with Crippen molar-refractivity contribution < 1.29 is 31.1 Å². The van der Waals surface area contributed by atoms with Crippen molar-refractivity contribution in [2.45, 2.75) is 24.3 Å². The average Bonchev–Trinajstić information content (AvgIpc) is 3.04. The summed E-state index contributed by atoms with van der Waals surface area (Å²) in [4.78, 5) is 14.1. The van der Waals surface area contributed by atoms with Crippen LogP contribution in [0.4, 0.5) is 18.0 Å². The molecule has 32 heavy (non-hydrogen) atoms. The zero-order chi connectivity index (χ0) is 23.1. The minimum Gasteiger partial charge on any atom is -0.488 e. The molecule has 3 rings (SSSR count). The lowest BCUT2D eigenvalue weighted by Gasteiger charge is -2.22. The van der Waals surface area contributed by atoms with Gasteiger partial charge in [0, 0.05) is 32.7 Å². The van der Waals surface area contributed by atoms with E-state index in [0.717, 1.165) is 12.1 Å². The van der Waals surface area contributed by atoms with E-state index in [4.69, 9.17) is 4.74 Å². The van der Waals surface area contributed by atoms with Crippen molar-refractivity contribution in [3.05, 3.63) is 59.9 Å². The van der Waals surface area contributed by atoms with E-state index in [1.807, 2.05) is 0 Å². The van der Waals surface area contributed by atoms with E-state index in [9.17, 15) is 26.4 Å². The molecule has 1 saturated heterocycles. The van der Waals surface area contributed by atoms with Crippen LogP contribution in [0.2, 0.25) is 0 Å². The SMILES string of the molecule is O=C(NCc1cccc(OCC(F)F)c1)N1CCCN(S(=O)(=O)c2ccc(F)cc2)CC1. The van der Waals surface area contributed by atoms with Crippen molar-refractivity contribution in [1.29, 1.82) is 0 Å². The first-order valence-corrected chi connectivity index (χ1v) is 11.5. The van der Waals surface area contributed by atoms with Crippen molar-refractivity contribution in [1.82, 2.24) is 14.5 Å². The lowest BCUT2D eigenvalue weighted by Crippen LogP contribution is -2.42. The van der Waals surface area contributed by atoms with Gasteiger partial charge in [0.1, 0.15) is 18.2 Å². The summed E-state index contributed by atoms with van der Waals surface area (Å²) in [7, 11) is -3.78. The number of amides is 2. The number of halogens is 3. The molecule has 0 unspecified atom stereocenters. The minimum absolute atomic E-state index is 0.00532. The lowest BCUT2D eigenvalue weighted by atomic mass is 10.2. The molecule has 2 amide bonds. The van der Waals surface area contributed by atoms with Crippen LogP contribution in [-0.4, -0.2) is 62.9 Å². The highest BCUT2D eigenvalue weighted by molar-refractivity contribution is 7.89. The van der Waals surface area contributed by atoms with Crippen LogP contribution in [-0.2, 0) is 16.6 Å². The van der Waals surface area contributed by atoms with Gasteiger partial charge in [0.15, 0.2) is 0 Å². The Kier molecular flexibility index (Phi) is 7.97. The van der Waals surface area contributed by atoms with E-state index in [0.29, 0.717) is 18.5 Å². The molecule has 1 fully saturated rings. The van der Waals surface area contributed by atoms with Crippen molar-refractivity contribution in [2.75, 3.05) is 32.8 Å². The second-order valence-corrected chi connectivity index (χ2v) is 9.14. The summed E-state index contributed by atoms with van der Waals surface area (Å²) in [5.41, 5.74) is 0.681. The topological polar surface area (TPSA) is 79.0 Å². The van der Waals surface area contributed by atoms with Gasteiger partial charge in [-0.3, -0.25) is 0 Å². The van der Waals surface area contributed by atoms with Crippen LogP contribution in [0.5, 0.6) is 5.75 Å². The molecule has 0 saturated carbocycles. The van der Waals surface area contributed by atoms with Crippen LogP contribution >= 0.6 is 0 Å². The van der Waals surface area contributed by atoms with E-state index < -0.39 is 28.9 Å². The molecule has 1 N–H and O–H groups in total. The summed E-state index contributed by atoms with van der Waals surface area (Å²) < 4.78 is 69.5. The van der Waals surface area contributed by atoms with Crippen LogP contribution in [0.3, 0.4) is 0 Å². The number of hydrogen-bond donors (Lipinski definition) is 1. The molecule has 0 radical (unpaired) electrons. The monoisotopic (exact) mass is 471 g/mol. The lowest BCUT2D eigenvalue weighted by molar-refractivity contribution is 0.0818. The predicted octanol–water partition coefficient (Wildman–Crippen LogP) is 3.08. The summed E-state index contributed by atoms with van der Waals surface area (Å²) in [6, 6.07) is 10.8. The quantitative estimate of drug-likeness (QED) is 0.673. The molecule has 11 heteroatoms. The first kappa shape index (κ1) is 23.9. The second kappa shape index (κ2) is 10.7. The van der Waals surface area contributed by atoms with Gasteiger partial charge in [-0.2, -0.15) is 4.31 Å². The number of alkyl halides is 2. The summed E-state index contributed by atoms with van der Waals surface area (Å²) >= 11 is 0. The van der Waals surface area contributed by atoms with E-state index >= 15 is 0 Å². The molecular weight excluding hydrogens is 447 g/mol. The minimum atomic E-state index is -3.78. The number of nitrogens with zero attached hydrogens (tertiary/aromatic N) is 2. The van der Waals surface area contributed by atoms with Gasteiger partial charge in [-0.05, 0) is 48.4 Å². The summed E-state index contributed by atoms with van der Waals surface area (Å²) in [6.45, 7) is 0.388. The van der Waals surface area contributed by atoms with E-state index in [1.165, 1.54) is 21.3 Å². The maximum absolute atomic E-state index is 13.1. The third kappa shape index (κ3) is 6.36.